The molecule has 2 aromatic carbocycles. The molecule has 1 unspecified atom stereocenters. The smallest absolute Gasteiger partial charge is 0.354 e. The Kier molecular flexibility index (Phi) is 11.1. The van der Waals surface area contributed by atoms with Crippen molar-refractivity contribution in [1.82, 2.24) is 0 Å². The normalized spacial score (nSPS) is 25.7. The lowest BCUT2D eigenvalue weighted by Gasteiger charge is -2.39. The zero-order chi connectivity index (χ0) is 37.9. The Morgan fingerprint density at radius 2 is 1.67 bits per heavy atom. The number of aliphatic imine (C=N–C) groups is 1. The van der Waals surface area contributed by atoms with Gasteiger partial charge in [-0.05, 0) is 53.1 Å². The van der Waals surface area contributed by atoms with Crippen LogP contribution in [0.1, 0.15) is 17.5 Å². The van der Waals surface area contributed by atoms with Crippen molar-refractivity contribution in [1.29, 1.82) is 0 Å². The zero-order valence-corrected chi connectivity index (χ0v) is 27.2. The Balaban J connectivity index is 1.29. The Labute approximate surface area is 294 Å². The van der Waals surface area contributed by atoms with Crippen molar-refractivity contribution in [2.24, 2.45) is 4.99 Å². The molecule has 0 saturated carbocycles. The minimum absolute atomic E-state index is 0.100. The SMILES string of the molecule is COc1cc(C=CC(=O)OC[C@H]2OC(Oc3cc4c(cc3O)N(C=CC3=CC(C(=O)O)=N[C@@H](C(=O)O)C3)[C@H](C(=O)O)C4)[C@H](O)[C@@H](O)[C@@H]2O)ccc1O. The number of carbonyl (C=O) groups is 4. The summed E-state index contributed by atoms with van der Waals surface area (Å²) in [6.45, 7) is -0.589. The number of aliphatic carboxylic acids is 3. The Hall–Kier alpha value is -5.95. The highest BCUT2D eigenvalue weighted by Gasteiger charge is 2.46. The molecule has 8 N–H and O–H groups in total. The van der Waals surface area contributed by atoms with Gasteiger partial charge in [0, 0.05) is 36.9 Å². The largest absolute Gasteiger partial charge is 0.504 e. The standard InChI is InChI=1S/C34H34N2O16/c1-49-24-10-15(2-4-22(24)37)3-5-27(39)50-14-26-28(40)29(41)30(42)34(52-26)51-25-12-17-11-21(33(47)48)36(20(17)13-23(25)38)7-6-16-8-18(31(43)44)35-19(9-16)32(45)46/h2-8,10,12-13,19,21,26,28-30,34,37-38,40-42H,9,11,14H2,1H3,(H,43,44)(H,45,46)(H,47,48)/t19-,21+,26-,28-,29+,30-,34?/m1/s1. The van der Waals surface area contributed by atoms with Crippen molar-refractivity contribution in [2.75, 3.05) is 18.6 Å². The third kappa shape index (κ3) is 8.16. The lowest BCUT2D eigenvalue weighted by atomic mass is 9.99. The molecule has 18 heteroatoms. The van der Waals surface area contributed by atoms with E-state index in [9.17, 15) is 60.0 Å². The van der Waals surface area contributed by atoms with E-state index in [4.69, 9.17) is 18.9 Å². The lowest BCUT2D eigenvalue weighted by Crippen LogP contribution is -2.60. The van der Waals surface area contributed by atoms with Gasteiger partial charge in [0.15, 0.2) is 29.0 Å². The van der Waals surface area contributed by atoms with Gasteiger partial charge in [0.1, 0.15) is 42.8 Å². The number of fused-ring (bicyclic) bond motifs is 1. The summed E-state index contributed by atoms with van der Waals surface area (Å²) < 4.78 is 21.4. The molecule has 5 rings (SSSR count). The van der Waals surface area contributed by atoms with Gasteiger partial charge in [-0.1, -0.05) is 6.07 Å². The number of ether oxygens (including phenoxy) is 4. The van der Waals surface area contributed by atoms with Crippen LogP contribution in [0.25, 0.3) is 6.08 Å². The first-order valence-corrected chi connectivity index (χ1v) is 15.5. The summed E-state index contributed by atoms with van der Waals surface area (Å²) in [5.74, 6) is -5.64. The van der Waals surface area contributed by atoms with E-state index >= 15 is 0 Å². The fraction of sp³-hybridized carbons (Fsp3) is 0.324. The number of hydrogen-bond acceptors (Lipinski definition) is 15. The van der Waals surface area contributed by atoms with Gasteiger partial charge in [0.25, 0.3) is 0 Å². The van der Waals surface area contributed by atoms with Crippen molar-refractivity contribution < 1.29 is 79.0 Å². The molecule has 0 aromatic heterocycles. The fourth-order valence-electron chi connectivity index (χ4n) is 5.67. The van der Waals surface area contributed by atoms with Gasteiger partial charge in [-0.25, -0.2) is 19.2 Å². The second-order valence-corrected chi connectivity index (χ2v) is 11.9. The third-order valence-electron chi connectivity index (χ3n) is 8.39. The molecular weight excluding hydrogens is 692 g/mol. The highest BCUT2D eigenvalue weighted by Crippen LogP contribution is 2.42. The predicted octanol–water partition coefficient (Wildman–Crippen LogP) is 0.188. The lowest BCUT2D eigenvalue weighted by molar-refractivity contribution is -0.278. The van der Waals surface area contributed by atoms with Gasteiger partial charge in [-0.15, -0.1) is 0 Å². The number of nitrogens with zero attached hydrogens (tertiary/aromatic N) is 2. The minimum atomic E-state index is -1.84. The van der Waals surface area contributed by atoms with Crippen molar-refractivity contribution in [3.05, 3.63) is 71.5 Å². The molecule has 52 heavy (non-hydrogen) atoms. The van der Waals surface area contributed by atoms with Crippen LogP contribution >= 0.6 is 0 Å². The van der Waals surface area contributed by atoms with Crippen LogP contribution in [0.5, 0.6) is 23.0 Å². The summed E-state index contributed by atoms with van der Waals surface area (Å²) in [5.41, 5.74) is 0.836. The van der Waals surface area contributed by atoms with E-state index in [1.165, 1.54) is 66.8 Å². The van der Waals surface area contributed by atoms with E-state index in [1.54, 1.807) is 0 Å². The number of phenols is 2. The van der Waals surface area contributed by atoms with Gasteiger partial charge in [0.05, 0.1) is 7.11 Å². The number of rotatable bonds is 12. The van der Waals surface area contributed by atoms with Crippen LogP contribution in [-0.4, -0.2) is 127 Å². The van der Waals surface area contributed by atoms with Crippen LogP contribution in [-0.2, 0) is 35.1 Å². The first-order valence-electron chi connectivity index (χ1n) is 15.5. The van der Waals surface area contributed by atoms with Crippen LogP contribution in [0.2, 0.25) is 0 Å². The minimum Gasteiger partial charge on any atom is -0.504 e. The van der Waals surface area contributed by atoms with Crippen molar-refractivity contribution >= 4 is 41.4 Å². The molecular formula is C34H34N2O16. The summed E-state index contributed by atoms with van der Waals surface area (Å²) in [6.07, 6.45) is -2.50. The highest BCUT2D eigenvalue weighted by molar-refractivity contribution is 6.41. The molecule has 18 nitrogen and oxygen atoms in total. The molecule has 2 aromatic rings. The molecule has 1 saturated heterocycles. The van der Waals surface area contributed by atoms with E-state index in [0.717, 1.165) is 6.08 Å². The number of carbonyl (C=O) groups excluding carboxylic acids is 1. The fourth-order valence-corrected chi connectivity index (χ4v) is 5.67. The number of carboxylic acid groups (broad SMARTS) is 3. The molecule has 0 aliphatic carbocycles. The van der Waals surface area contributed by atoms with Gasteiger partial charge in [0.2, 0.25) is 6.29 Å². The molecule has 0 radical (unpaired) electrons. The van der Waals surface area contributed by atoms with Crippen molar-refractivity contribution in [3.63, 3.8) is 0 Å². The zero-order valence-electron chi connectivity index (χ0n) is 27.2. The average Bonchev–Trinajstić information content (AvgIpc) is 3.47. The van der Waals surface area contributed by atoms with Crippen LogP contribution < -0.4 is 14.4 Å². The number of dihydropyridines is 1. The molecule has 276 valence electrons. The Bertz CT molecular complexity index is 1870. The molecule has 0 amide bonds. The van der Waals surface area contributed by atoms with E-state index in [0.29, 0.717) is 11.1 Å². The second kappa shape index (κ2) is 15.5. The van der Waals surface area contributed by atoms with E-state index < -0.39 is 84.7 Å². The van der Waals surface area contributed by atoms with Gasteiger partial charge < -0.3 is 64.7 Å². The summed E-state index contributed by atoms with van der Waals surface area (Å²) >= 11 is 0. The maximum atomic E-state index is 12.4. The van der Waals surface area contributed by atoms with Crippen LogP contribution in [0, 0.1) is 0 Å². The monoisotopic (exact) mass is 726 g/mol. The van der Waals surface area contributed by atoms with E-state index in [1.807, 2.05) is 0 Å². The second-order valence-electron chi connectivity index (χ2n) is 11.9. The number of benzene rings is 2. The summed E-state index contributed by atoms with van der Waals surface area (Å²) in [5, 5.41) is 80.8. The molecule has 3 heterocycles. The Morgan fingerprint density at radius 1 is 0.923 bits per heavy atom. The summed E-state index contributed by atoms with van der Waals surface area (Å²) in [6, 6.07) is 4.25. The van der Waals surface area contributed by atoms with Gasteiger partial charge in [-0.2, -0.15) is 0 Å². The quantitative estimate of drug-likeness (QED) is 0.107. The van der Waals surface area contributed by atoms with Crippen molar-refractivity contribution in [3.8, 4) is 23.0 Å². The molecule has 0 bridgehead atoms. The van der Waals surface area contributed by atoms with E-state index in [-0.39, 0.29) is 41.4 Å². The maximum absolute atomic E-state index is 12.4. The molecule has 3 aliphatic rings. The number of esters is 1. The maximum Gasteiger partial charge on any atom is 0.354 e. The highest BCUT2D eigenvalue weighted by atomic mass is 16.7. The molecule has 1 fully saturated rings. The number of anilines is 1. The first kappa shape index (κ1) is 37.3. The number of methoxy groups -OCH3 is 1. The topological polar surface area (TPSA) is 283 Å². The number of aromatic hydroxyl groups is 2. The molecule has 3 aliphatic heterocycles. The van der Waals surface area contributed by atoms with Crippen LogP contribution in [0.15, 0.2) is 65.3 Å². The van der Waals surface area contributed by atoms with Crippen LogP contribution in [0.4, 0.5) is 5.69 Å². The first-order chi connectivity index (χ1) is 24.7. The van der Waals surface area contributed by atoms with Crippen LogP contribution in [0.3, 0.4) is 0 Å². The molecule has 7 atom stereocenters. The summed E-state index contributed by atoms with van der Waals surface area (Å²) in [7, 11) is 1.36. The number of aliphatic hydroxyl groups excluding tert-OH is 3. The van der Waals surface area contributed by atoms with Gasteiger partial charge >= 0.3 is 23.9 Å². The Morgan fingerprint density at radius 3 is 2.35 bits per heavy atom. The predicted molar refractivity (Wildman–Crippen MR) is 176 cm³/mol. The number of carboxylic acids is 3. The molecule has 0 spiro atoms. The van der Waals surface area contributed by atoms with Gasteiger partial charge in [-0.3, -0.25) is 4.99 Å². The average molecular weight is 727 g/mol. The number of hydrogen-bond donors (Lipinski definition) is 8. The third-order valence-corrected chi connectivity index (χ3v) is 8.39. The van der Waals surface area contributed by atoms with E-state index in [2.05, 4.69) is 4.99 Å². The van der Waals surface area contributed by atoms with Crippen molar-refractivity contribution in [2.45, 2.75) is 55.6 Å². The number of phenolic OH excluding ortho intramolecular Hbond substituents is 2. The summed E-state index contributed by atoms with van der Waals surface area (Å²) in [4.78, 5) is 52.5. The number of aliphatic hydroxyl groups is 3. The number of allylic oxidation sites excluding steroid dienone is 1.